The van der Waals surface area contributed by atoms with E-state index in [4.69, 9.17) is 0 Å². The van der Waals surface area contributed by atoms with Crippen molar-refractivity contribution in [3.8, 4) is 0 Å². The molecule has 0 aliphatic heterocycles. The van der Waals surface area contributed by atoms with Crippen molar-refractivity contribution in [2.75, 3.05) is 5.32 Å². The maximum absolute atomic E-state index is 10.6. The Kier molecular flexibility index (Phi) is 3.62. The van der Waals surface area contributed by atoms with Crippen molar-refractivity contribution < 1.29 is 4.92 Å². The lowest BCUT2D eigenvalue weighted by atomic mass is 10.2. The molecule has 1 N–H and O–H groups in total. The lowest BCUT2D eigenvalue weighted by Gasteiger charge is -2.08. The molecule has 0 saturated carbocycles. The molecule has 0 radical (unpaired) electrons. The molecule has 5 heteroatoms. The molecule has 0 fully saturated rings. The molecule has 2 aromatic carbocycles. The fraction of sp³-hybridized carbons (Fsp3) is 0.0769. The topological polar surface area (TPSA) is 55.2 Å². The fourth-order valence-electron chi connectivity index (χ4n) is 1.51. The number of nitro benzene ring substituents is 1. The van der Waals surface area contributed by atoms with E-state index in [9.17, 15) is 10.1 Å². The van der Waals surface area contributed by atoms with Gasteiger partial charge in [-0.2, -0.15) is 0 Å². The van der Waals surface area contributed by atoms with Gasteiger partial charge in [-0.05, 0) is 41.1 Å². The number of anilines is 2. The van der Waals surface area contributed by atoms with Gasteiger partial charge in [0, 0.05) is 22.3 Å². The van der Waals surface area contributed by atoms with E-state index in [0.29, 0.717) is 4.47 Å². The average molecular weight is 307 g/mol. The highest BCUT2D eigenvalue weighted by molar-refractivity contribution is 9.10. The van der Waals surface area contributed by atoms with Crippen molar-refractivity contribution in [2.45, 2.75) is 6.92 Å². The Balaban J connectivity index is 2.24. The maximum Gasteiger partial charge on any atom is 0.270 e. The first-order valence-corrected chi connectivity index (χ1v) is 6.13. The minimum Gasteiger partial charge on any atom is -0.355 e. The summed E-state index contributed by atoms with van der Waals surface area (Å²) in [6.07, 6.45) is 0. The number of aryl methyl sites for hydroxylation is 1. The maximum atomic E-state index is 10.6. The van der Waals surface area contributed by atoms with E-state index in [1.54, 1.807) is 6.07 Å². The van der Waals surface area contributed by atoms with Crippen LogP contribution in [0.1, 0.15) is 5.56 Å². The van der Waals surface area contributed by atoms with Crippen molar-refractivity contribution >= 4 is 33.0 Å². The summed E-state index contributed by atoms with van der Waals surface area (Å²) >= 11 is 3.32. The molecule has 0 spiro atoms. The van der Waals surface area contributed by atoms with E-state index in [1.807, 2.05) is 31.2 Å². The van der Waals surface area contributed by atoms with Gasteiger partial charge < -0.3 is 5.32 Å². The highest BCUT2D eigenvalue weighted by atomic mass is 79.9. The average Bonchev–Trinajstić information content (AvgIpc) is 2.34. The third-order valence-corrected chi connectivity index (χ3v) is 3.15. The first kappa shape index (κ1) is 12.6. The second kappa shape index (κ2) is 5.18. The summed E-state index contributed by atoms with van der Waals surface area (Å²) in [7, 11) is 0. The van der Waals surface area contributed by atoms with Crippen molar-refractivity contribution in [1.29, 1.82) is 0 Å². The van der Waals surface area contributed by atoms with Crippen molar-refractivity contribution in [1.82, 2.24) is 0 Å². The molecule has 0 amide bonds. The number of hydrogen-bond acceptors (Lipinski definition) is 3. The zero-order valence-corrected chi connectivity index (χ0v) is 11.3. The van der Waals surface area contributed by atoms with Crippen LogP contribution < -0.4 is 5.32 Å². The predicted octanol–water partition coefficient (Wildman–Crippen LogP) is 4.41. The first-order chi connectivity index (χ1) is 8.56. The minimum atomic E-state index is -0.416. The smallest absolute Gasteiger partial charge is 0.270 e. The Labute approximate surface area is 113 Å². The Morgan fingerprint density at radius 3 is 2.39 bits per heavy atom. The number of hydrogen-bond donors (Lipinski definition) is 1. The predicted molar refractivity (Wildman–Crippen MR) is 75.3 cm³/mol. The summed E-state index contributed by atoms with van der Waals surface area (Å²) in [6.45, 7) is 2.02. The van der Waals surface area contributed by atoms with Crippen LogP contribution in [0.5, 0.6) is 0 Å². The van der Waals surface area contributed by atoms with Crippen molar-refractivity contribution in [3.63, 3.8) is 0 Å². The molecule has 18 heavy (non-hydrogen) atoms. The molecule has 0 saturated heterocycles. The highest BCUT2D eigenvalue weighted by Gasteiger charge is 2.08. The summed E-state index contributed by atoms with van der Waals surface area (Å²) in [6, 6.07) is 12.6. The molecule has 0 aromatic heterocycles. The molecular formula is C13H11BrN2O2. The molecule has 0 bridgehead atoms. The van der Waals surface area contributed by atoms with Gasteiger partial charge in [-0.15, -0.1) is 0 Å². The van der Waals surface area contributed by atoms with E-state index < -0.39 is 4.92 Å². The Bertz CT molecular complexity index is 582. The number of rotatable bonds is 3. The SMILES string of the molecule is Cc1ccc(Nc2ccc([N+](=O)[O-])cc2Br)cc1. The number of halogens is 1. The van der Waals surface area contributed by atoms with Crippen molar-refractivity contribution in [2.24, 2.45) is 0 Å². The van der Waals surface area contributed by atoms with Gasteiger partial charge in [-0.1, -0.05) is 17.7 Å². The van der Waals surface area contributed by atoms with Gasteiger partial charge in [-0.25, -0.2) is 0 Å². The van der Waals surface area contributed by atoms with E-state index in [2.05, 4.69) is 21.2 Å². The number of nitro groups is 1. The number of nitrogens with zero attached hydrogens (tertiary/aromatic N) is 1. The van der Waals surface area contributed by atoms with Gasteiger partial charge in [0.25, 0.3) is 5.69 Å². The van der Waals surface area contributed by atoms with Crippen molar-refractivity contribution in [3.05, 3.63) is 62.6 Å². The van der Waals surface area contributed by atoms with E-state index >= 15 is 0 Å². The molecule has 2 aromatic rings. The first-order valence-electron chi connectivity index (χ1n) is 5.34. The Morgan fingerprint density at radius 1 is 1.17 bits per heavy atom. The van der Waals surface area contributed by atoms with Crippen LogP contribution in [0.15, 0.2) is 46.9 Å². The molecule has 0 unspecified atom stereocenters. The summed E-state index contributed by atoms with van der Waals surface area (Å²) in [5, 5.41) is 13.8. The van der Waals surface area contributed by atoms with Crippen LogP contribution in [0.2, 0.25) is 0 Å². The highest BCUT2D eigenvalue weighted by Crippen LogP contribution is 2.29. The van der Waals surface area contributed by atoms with Crippen LogP contribution in [0.4, 0.5) is 17.1 Å². The van der Waals surface area contributed by atoms with Crippen LogP contribution in [0.25, 0.3) is 0 Å². The lowest BCUT2D eigenvalue weighted by molar-refractivity contribution is -0.384. The van der Waals surface area contributed by atoms with Gasteiger partial charge in [0.05, 0.1) is 10.6 Å². The van der Waals surface area contributed by atoms with Gasteiger partial charge in [-0.3, -0.25) is 10.1 Å². The summed E-state index contributed by atoms with van der Waals surface area (Å²) in [4.78, 5) is 10.2. The molecule has 0 atom stereocenters. The molecule has 4 nitrogen and oxygen atoms in total. The molecule has 2 rings (SSSR count). The third kappa shape index (κ3) is 2.87. The summed E-state index contributed by atoms with van der Waals surface area (Å²) in [5.74, 6) is 0. The molecule has 0 aliphatic carbocycles. The number of non-ortho nitro benzene ring substituents is 1. The van der Waals surface area contributed by atoms with Crippen LogP contribution in [0.3, 0.4) is 0 Å². The standard InChI is InChI=1S/C13H11BrN2O2/c1-9-2-4-10(5-3-9)15-13-7-6-11(16(17)18)8-12(13)14/h2-8,15H,1H3. The summed E-state index contributed by atoms with van der Waals surface area (Å²) < 4.78 is 0.664. The van der Waals surface area contributed by atoms with Crippen LogP contribution in [0, 0.1) is 17.0 Å². The molecule has 0 aliphatic rings. The Hall–Kier alpha value is -1.88. The monoisotopic (exact) mass is 306 g/mol. The fourth-order valence-corrected chi connectivity index (χ4v) is 1.98. The van der Waals surface area contributed by atoms with Gasteiger partial charge >= 0.3 is 0 Å². The summed E-state index contributed by atoms with van der Waals surface area (Å²) in [5.41, 5.74) is 2.99. The minimum absolute atomic E-state index is 0.0660. The number of nitrogens with one attached hydrogen (secondary N) is 1. The van der Waals surface area contributed by atoms with E-state index in [-0.39, 0.29) is 5.69 Å². The van der Waals surface area contributed by atoms with Gasteiger partial charge in [0.1, 0.15) is 0 Å². The zero-order valence-electron chi connectivity index (χ0n) is 9.68. The van der Waals surface area contributed by atoms with Crippen LogP contribution in [-0.4, -0.2) is 4.92 Å². The van der Waals surface area contributed by atoms with Gasteiger partial charge in [0.15, 0.2) is 0 Å². The second-order valence-corrected chi connectivity index (χ2v) is 4.77. The Morgan fingerprint density at radius 2 is 1.83 bits per heavy atom. The van der Waals surface area contributed by atoms with Crippen LogP contribution >= 0.6 is 15.9 Å². The molecule has 0 heterocycles. The van der Waals surface area contributed by atoms with E-state index in [0.717, 1.165) is 11.4 Å². The second-order valence-electron chi connectivity index (χ2n) is 3.91. The molecule has 92 valence electrons. The molecular weight excluding hydrogens is 296 g/mol. The largest absolute Gasteiger partial charge is 0.355 e. The van der Waals surface area contributed by atoms with Crippen LogP contribution in [-0.2, 0) is 0 Å². The lowest BCUT2D eigenvalue weighted by Crippen LogP contribution is -1.93. The third-order valence-electron chi connectivity index (χ3n) is 2.49. The number of benzene rings is 2. The van der Waals surface area contributed by atoms with E-state index in [1.165, 1.54) is 17.7 Å². The normalized spacial score (nSPS) is 10.1. The van der Waals surface area contributed by atoms with Gasteiger partial charge in [0.2, 0.25) is 0 Å². The quantitative estimate of drug-likeness (QED) is 0.675. The zero-order chi connectivity index (χ0) is 13.1.